The van der Waals surface area contributed by atoms with Gasteiger partial charge in [-0.25, -0.2) is 0 Å². The second kappa shape index (κ2) is 26.6. The minimum Gasteiger partial charge on any atom is -0.349 e. The van der Waals surface area contributed by atoms with Crippen molar-refractivity contribution >= 4 is 11.1 Å². The molecule has 8 rings (SSSR count). The molecule has 0 N–H and O–H groups in total. The molecule has 0 bridgehead atoms. The Morgan fingerprint density at radius 1 is 0.375 bits per heavy atom. The Labute approximate surface area is 358 Å². The normalized spacial score (nSPS) is 15.0. The Kier molecular flexibility index (Phi) is 21.5. The minimum atomic E-state index is 0. The maximum Gasteiger partial charge on any atom is 0 e. The molecule has 2 aromatic heterocycles. The summed E-state index contributed by atoms with van der Waals surface area (Å²) in [5.41, 5.74) is 8.75. The van der Waals surface area contributed by atoms with E-state index < -0.39 is 0 Å². The van der Waals surface area contributed by atoms with Gasteiger partial charge in [-0.15, -0.1) is 0 Å². The predicted molar refractivity (Wildman–Crippen MR) is 224 cm³/mol. The van der Waals surface area contributed by atoms with Crippen molar-refractivity contribution in [3.63, 3.8) is 0 Å². The van der Waals surface area contributed by atoms with Crippen LogP contribution < -0.4 is 10.2 Å². The summed E-state index contributed by atoms with van der Waals surface area (Å²) in [6, 6.07) is 39.7. The van der Waals surface area contributed by atoms with Gasteiger partial charge in [0.15, 0.2) is 0 Å². The second-order valence-electron chi connectivity index (χ2n) is 12.6. The van der Waals surface area contributed by atoms with Gasteiger partial charge in [0.25, 0.3) is 0 Å². The Balaban J connectivity index is 0.000000213. The quantitative estimate of drug-likeness (QED) is 0.122. The first-order valence-electron chi connectivity index (χ1n) is 18.6. The van der Waals surface area contributed by atoms with Crippen LogP contribution in [-0.4, -0.2) is 20.6 Å². The number of hydrogen-bond acceptors (Lipinski definition) is 4. The summed E-state index contributed by atoms with van der Waals surface area (Å²) in [6.45, 7) is 8.22. The second-order valence-corrected chi connectivity index (χ2v) is 12.6. The zero-order chi connectivity index (χ0) is 37.5. The van der Waals surface area contributed by atoms with Crippen LogP contribution in [0.4, 0.5) is 0 Å². The number of aromatic nitrogens is 6. The Hall–Kier alpha value is -5.15. The average molecular weight is 915 g/mol. The molecule has 0 aliphatic heterocycles. The summed E-state index contributed by atoms with van der Waals surface area (Å²) in [5, 5.41) is 24.0. The van der Waals surface area contributed by atoms with Gasteiger partial charge < -0.3 is 20.4 Å². The van der Waals surface area contributed by atoms with Crippen molar-refractivity contribution in [3.05, 3.63) is 206 Å². The Morgan fingerprint density at radius 3 is 0.893 bits per heavy atom. The third-order valence-electron chi connectivity index (χ3n) is 8.60. The number of hydrogen-bond donors (Lipinski definition) is 0. The largest absolute Gasteiger partial charge is 0.349 e. The van der Waals surface area contributed by atoms with Crippen molar-refractivity contribution in [2.75, 3.05) is 0 Å². The molecule has 0 atom stereocenters. The van der Waals surface area contributed by atoms with E-state index in [0.717, 1.165) is 56.2 Å². The summed E-state index contributed by atoms with van der Waals surface area (Å²) in [5.74, 6) is 0. The van der Waals surface area contributed by atoms with E-state index >= 15 is 0 Å². The molecule has 6 aromatic rings. The molecule has 2 heterocycles. The number of benzene rings is 4. The number of rotatable bonds is 6. The van der Waals surface area contributed by atoms with Crippen molar-refractivity contribution in [1.82, 2.24) is 30.8 Å². The molecule has 2 aliphatic rings. The molecular weight excluding hydrogens is 866 g/mol. The van der Waals surface area contributed by atoms with Gasteiger partial charge in [-0.05, 0) is 108 Å². The van der Waals surface area contributed by atoms with Crippen LogP contribution in [0.5, 0.6) is 0 Å². The summed E-state index contributed by atoms with van der Waals surface area (Å²) in [4.78, 5) is 0. The molecule has 0 spiro atoms. The van der Waals surface area contributed by atoms with E-state index in [9.17, 15) is 0 Å². The van der Waals surface area contributed by atoms with Gasteiger partial charge in [0.2, 0.25) is 0 Å². The first kappa shape index (κ1) is 45.2. The smallest absolute Gasteiger partial charge is 0 e. The monoisotopic (exact) mass is 914 g/mol. The molecule has 0 saturated heterocycles. The van der Waals surface area contributed by atoms with Crippen LogP contribution in [0.3, 0.4) is 0 Å². The first-order chi connectivity index (χ1) is 26.7. The van der Waals surface area contributed by atoms with Crippen molar-refractivity contribution < 1.29 is 39.0 Å². The molecule has 2 radical (unpaired) electrons. The molecule has 0 amide bonds. The zero-order valence-electron chi connectivity index (χ0n) is 31.6. The van der Waals surface area contributed by atoms with Gasteiger partial charge >= 0.3 is 0 Å². The van der Waals surface area contributed by atoms with E-state index in [1.165, 1.54) is 51.4 Å². The van der Waals surface area contributed by atoms with Gasteiger partial charge in [-0.1, -0.05) is 183 Å². The van der Waals surface area contributed by atoms with Crippen LogP contribution in [0.1, 0.15) is 73.9 Å². The molecule has 2 aliphatic carbocycles. The van der Waals surface area contributed by atoms with Crippen LogP contribution in [-0.2, 0) is 39.0 Å². The van der Waals surface area contributed by atoms with Gasteiger partial charge in [-0.2, -0.15) is 0 Å². The third kappa shape index (κ3) is 14.8. The molecule has 0 fully saturated rings. The van der Waals surface area contributed by atoms with E-state index in [0.29, 0.717) is 0 Å². The van der Waals surface area contributed by atoms with E-state index in [4.69, 9.17) is 0 Å². The molecular formula is C48H48N6Rh2-2. The van der Waals surface area contributed by atoms with Crippen molar-refractivity contribution in [2.24, 2.45) is 0 Å². The SMILES string of the molecule is C1=C\CC/C=C\CC/1.C1=C\CC/C=C\CC/1.C=C(c1ccccc1)c1[n-]nnc1-c1ccccc1.C=C(c1ccccc1)c1[n-]nnc1-c1ccccc1.[Rh].[Rh]. The molecule has 4 aromatic carbocycles. The van der Waals surface area contributed by atoms with Crippen molar-refractivity contribution in [2.45, 2.75) is 51.4 Å². The first-order valence-corrected chi connectivity index (χ1v) is 18.6. The van der Waals surface area contributed by atoms with Gasteiger partial charge in [0, 0.05) is 39.0 Å². The predicted octanol–water partition coefficient (Wildman–Crippen LogP) is 11.7. The maximum absolute atomic E-state index is 4.11. The summed E-state index contributed by atoms with van der Waals surface area (Å²) < 4.78 is 0. The molecule has 290 valence electrons. The molecule has 8 heteroatoms. The molecule has 6 nitrogen and oxygen atoms in total. The Bertz CT molecular complexity index is 1890. The minimum absolute atomic E-state index is 0. The maximum atomic E-state index is 4.11. The van der Waals surface area contributed by atoms with Crippen LogP contribution in [0.2, 0.25) is 0 Å². The fourth-order valence-corrected chi connectivity index (χ4v) is 5.67. The molecule has 56 heavy (non-hydrogen) atoms. The van der Waals surface area contributed by atoms with E-state index in [-0.39, 0.29) is 39.0 Å². The summed E-state index contributed by atoms with van der Waals surface area (Å²) >= 11 is 0. The number of allylic oxidation sites excluding steroid dienone is 8. The van der Waals surface area contributed by atoms with Crippen LogP contribution in [0, 0.1) is 0 Å². The Morgan fingerprint density at radius 2 is 0.625 bits per heavy atom. The topological polar surface area (TPSA) is 79.8 Å². The fraction of sp³-hybridized carbons (Fsp3) is 0.167. The van der Waals surface area contributed by atoms with Gasteiger partial charge in [0.1, 0.15) is 0 Å². The van der Waals surface area contributed by atoms with Gasteiger partial charge in [0.05, 0.1) is 0 Å². The summed E-state index contributed by atoms with van der Waals surface area (Å²) in [7, 11) is 0. The van der Waals surface area contributed by atoms with E-state index in [1.807, 2.05) is 121 Å². The molecule has 0 unspecified atom stereocenters. The van der Waals surface area contributed by atoms with Crippen LogP contribution in [0.25, 0.3) is 33.7 Å². The van der Waals surface area contributed by atoms with Crippen molar-refractivity contribution in [3.8, 4) is 22.5 Å². The zero-order valence-corrected chi connectivity index (χ0v) is 34.9. The van der Waals surface area contributed by atoms with E-state index in [2.05, 4.69) is 92.6 Å². The fourth-order valence-electron chi connectivity index (χ4n) is 5.67. The third-order valence-corrected chi connectivity index (χ3v) is 8.60. The summed E-state index contributed by atoms with van der Waals surface area (Å²) in [6.07, 6.45) is 28.0. The van der Waals surface area contributed by atoms with Crippen molar-refractivity contribution in [1.29, 1.82) is 0 Å². The molecule has 0 saturated carbocycles. The van der Waals surface area contributed by atoms with Crippen LogP contribution >= 0.6 is 0 Å². The van der Waals surface area contributed by atoms with E-state index in [1.54, 1.807) is 0 Å². The van der Waals surface area contributed by atoms with Crippen LogP contribution in [0.15, 0.2) is 183 Å². The number of nitrogens with zero attached hydrogens (tertiary/aromatic N) is 6. The van der Waals surface area contributed by atoms with Gasteiger partial charge in [-0.3, -0.25) is 10.4 Å². The standard InChI is InChI=1S/2C16H12N3.2C8H12.2Rh/c2*1-12(13-8-4-2-5-9-13)15-16(18-19-17-15)14-10-6-3-7-11-14;2*1-2-4-6-8-7-5-3-1;;/h2*2-11H,1H2;2*1-2,7-8H,3-6H2;;/q2*-1;;;;/b;;2*2-1-,8-7-;;. The average Bonchev–Trinajstić information content (AvgIpc) is 3.91.